The lowest BCUT2D eigenvalue weighted by molar-refractivity contribution is -0.121. The van der Waals surface area contributed by atoms with Crippen LogP contribution in [-0.2, 0) is 16.8 Å². The number of aromatic nitrogens is 2. The summed E-state index contributed by atoms with van der Waals surface area (Å²) in [7, 11) is 0. The third kappa shape index (κ3) is 6.39. The number of rotatable bonds is 8. The number of hydrogen-bond donors (Lipinski definition) is 1. The molecule has 1 N–H and O–H groups in total. The van der Waals surface area contributed by atoms with E-state index in [1.165, 1.54) is 5.56 Å². The van der Waals surface area contributed by atoms with E-state index in [4.69, 9.17) is 4.74 Å². The number of carbonyl (C=O) groups is 1. The van der Waals surface area contributed by atoms with Crippen LogP contribution in [-0.4, -0.2) is 22.5 Å². The maximum absolute atomic E-state index is 12.1. The fourth-order valence-corrected chi connectivity index (χ4v) is 3.59. The molecule has 0 unspecified atom stereocenters. The molecule has 0 saturated heterocycles. The van der Waals surface area contributed by atoms with Crippen molar-refractivity contribution in [3.63, 3.8) is 0 Å². The Balaban J connectivity index is 1.36. The first kappa shape index (κ1) is 21.0. The lowest BCUT2D eigenvalue weighted by Gasteiger charge is -2.19. The van der Waals surface area contributed by atoms with Crippen molar-refractivity contribution in [2.24, 2.45) is 0 Å². The van der Waals surface area contributed by atoms with Gasteiger partial charge in [-0.2, -0.15) is 0 Å². The minimum absolute atomic E-state index is 0.00939. The summed E-state index contributed by atoms with van der Waals surface area (Å²) < 4.78 is 5.74. The van der Waals surface area contributed by atoms with Gasteiger partial charge in [-0.15, -0.1) is 11.3 Å². The zero-order valence-electron chi connectivity index (χ0n) is 17.1. The highest BCUT2D eigenvalue weighted by Gasteiger charge is 2.13. The monoisotopic (exact) mass is 409 g/mol. The van der Waals surface area contributed by atoms with Gasteiger partial charge in [-0.3, -0.25) is 9.78 Å². The Morgan fingerprint density at radius 2 is 1.83 bits per heavy atom. The molecule has 1 amide bonds. The molecule has 29 heavy (non-hydrogen) atoms. The van der Waals surface area contributed by atoms with E-state index in [9.17, 15) is 4.79 Å². The summed E-state index contributed by atoms with van der Waals surface area (Å²) in [6.07, 6.45) is 4.60. The topological polar surface area (TPSA) is 64.1 Å². The number of hydrogen-bond acceptors (Lipinski definition) is 5. The number of thiazole rings is 1. The van der Waals surface area contributed by atoms with Gasteiger partial charge in [0.2, 0.25) is 5.91 Å². The van der Waals surface area contributed by atoms with E-state index >= 15 is 0 Å². The number of carbonyl (C=O) groups excluding carboxylic acids is 1. The van der Waals surface area contributed by atoms with Gasteiger partial charge in [-0.05, 0) is 41.7 Å². The van der Waals surface area contributed by atoms with E-state index in [2.05, 4.69) is 48.2 Å². The standard InChI is InChI=1S/C23H27N3O2S/c1-23(2,3)18-6-8-20(9-7-18)28-14-4-5-21(27)25-15-19-16-29-22(26-19)17-10-12-24-13-11-17/h6-13,16H,4-5,14-15H2,1-3H3,(H,25,27). The predicted molar refractivity (Wildman–Crippen MR) is 117 cm³/mol. The average Bonchev–Trinajstić information content (AvgIpc) is 3.19. The van der Waals surface area contributed by atoms with Gasteiger partial charge in [0, 0.05) is 29.8 Å². The largest absolute Gasteiger partial charge is 0.494 e. The first-order chi connectivity index (χ1) is 13.9. The molecule has 0 radical (unpaired) electrons. The second kappa shape index (κ2) is 9.65. The molecule has 1 aromatic carbocycles. The number of amides is 1. The first-order valence-electron chi connectivity index (χ1n) is 9.77. The van der Waals surface area contributed by atoms with Crippen molar-refractivity contribution in [1.29, 1.82) is 0 Å². The van der Waals surface area contributed by atoms with Crippen LogP contribution < -0.4 is 10.1 Å². The molecule has 5 nitrogen and oxygen atoms in total. The van der Waals surface area contributed by atoms with Crippen LogP contribution >= 0.6 is 11.3 Å². The van der Waals surface area contributed by atoms with E-state index in [0.717, 1.165) is 22.0 Å². The summed E-state index contributed by atoms with van der Waals surface area (Å²) in [4.78, 5) is 20.6. The minimum atomic E-state index is 0.00939. The van der Waals surface area contributed by atoms with E-state index < -0.39 is 0 Å². The van der Waals surface area contributed by atoms with Gasteiger partial charge in [0.1, 0.15) is 10.8 Å². The van der Waals surface area contributed by atoms with Crippen molar-refractivity contribution >= 4 is 17.2 Å². The molecular weight excluding hydrogens is 382 g/mol. The van der Waals surface area contributed by atoms with Crippen LogP contribution in [0.25, 0.3) is 10.6 Å². The normalized spacial score (nSPS) is 11.3. The van der Waals surface area contributed by atoms with Crippen LogP contribution in [0.1, 0.15) is 44.9 Å². The van der Waals surface area contributed by atoms with Gasteiger partial charge < -0.3 is 10.1 Å². The SMILES string of the molecule is CC(C)(C)c1ccc(OCCCC(=O)NCc2csc(-c3ccncc3)n2)cc1. The third-order valence-corrected chi connectivity index (χ3v) is 5.42. The Hall–Kier alpha value is -2.73. The van der Waals surface area contributed by atoms with Gasteiger partial charge in [-0.1, -0.05) is 32.9 Å². The number of pyridine rings is 1. The van der Waals surface area contributed by atoms with Gasteiger partial charge in [-0.25, -0.2) is 4.98 Å². The van der Waals surface area contributed by atoms with E-state index in [-0.39, 0.29) is 11.3 Å². The van der Waals surface area contributed by atoms with Crippen molar-refractivity contribution in [2.75, 3.05) is 6.61 Å². The van der Waals surface area contributed by atoms with E-state index in [1.54, 1.807) is 23.7 Å². The zero-order chi connectivity index (χ0) is 20.7. The molecule has 0 aliphatic heterocycles. The Labute approximate surface area is 176 Å². The first-order valence-corrected chi connectivity index (χ1v) is 10.6. The quantitative estimate of drug-likeness (QED) is 0.533. The molecule has 0 saturated carbocycles. The number of nitrogens with zero attached hydrogens (tertiary/aromatic N) is 2. The predicted octanol–water partition coefficient (Wildman–Crippen LogP) is 4.98. The molecule has 6 heteroatoms. The average molecular weight is 410 g/mol. The van der Waals surface area contributed by atoms with Gasteiger partial charge >= 0.3 is 0 Å². The highest BCUT2D eigenvalue weighted by Crippen LogP contribution is 2.24. The summed E-state index contributed by atoms with van der Waals surface area (Å²) in [6, 6.07) is 12.0. The number of ether oxygens (including phenoxy) is 1. The van der Waals surface area contributed by atoms with Crippen LogP contribution in [0, 0.1) is 0 Å². The Kier molecular flexibility index (Phi) is 6.99. The van der Waals surface area contributed by atoms with Crippen LogP contribution in [0.4, 0.5) is 0 Å². The summed E-state index contributed by atoms with van der Waals surface area (Å²) >= 11 is 1.57. The number of nitrogens with one attached hydrogen (secondary N) is 1. The molecule has 0 fully saturated rings. The van der Waals surface area contributed by atoms with E-state index in [0.29, 0.717) is 26.0 Å². The van der Waals surface area contributed by atoms with Crippen LogP contribution in [0.15, 0.2) is 54.2 Å². The van der Waals surface area contributed by atoms with Crippen molar-refractivity contribution in [3.05, 3.63) is 65.4 Å². The Morgan fingerprint density at radius 1 is 1.10 bits per heavy atom. The number of benzene rings is 1. The fraction of sp³-hybridized carbons (Fsp3) is 0.348. The molecule has 3 aromatic rings. The fourth-order valence-electron chi connectivity index (χ4n) is 2.77. The maximum atomic E-state index is 12.1. The third-order valence-electron chi connectivity index (χ3n) is 4.48. The molecule has 0 aliphatic rings. The van der Waals surface area contributed by atoms with E-state index in [1.807, 2.05) is 29.6 Å². The van der Waals surface area contributed by atoms with Gasteiger partial charge in [0.05, 0.1) is 18.8 Å². The zero-order valence-corrected chi connectivity index (χ0v) is 18.0. The molecule has 0 atom stereocenters. The molecular formula is C23H27N3O2S. The highest BCUT2D eigenvalue weighted by atomic mass is 32.1. The smallest absolute Gasteiger partial charge is 0.220 e. The maximum Gasteiger partial charge on any atom is 0.220 e. The summed E-state index contributed by atoms with van der Waals surface area (Å²) in [5.41, 5.74) is 3.31. The van der Waals surface area contributed by atoms with Crippen LogP contribution in [0.5, 0.6) is 5.75 Å². The van der Waals surface area contributed by atoms with Crippen molar-refractivity contribution in [2.45, 2.75) is 45.6 Å². The summed E-state index contributed by atoms with van der Waals surface area (Å²) in [5, 5.41) is 5.83. The van der Waals surface area contributed by atoms with Crippen molar-refractivity contribution in [3.8, 4) is 16.3 Å². The minimum Gasteiger partial charge on any atom is -0.494 e. The lowest BCUT2D eigenvalue weighted by atomic mass is 9.87. The van der Waals surface area contributed by atoms with Crippen LogP contribution in [0.2, 0.25) is 0 Å². The molecule has 2 heterocycles. The molecule has 152 valence electrons. The second-order valence-electron chi connectivity index (χ2n) is 7.88. The van der Waals surface area contributed by atoms with Gasteiger partial charge in [0.15, 0.2) is 0 Å². The van der Waals surface area contributed by atoms with Gasteiger partial charge in [0.25, 0.3) is 0 Å². The van der Waals surface area contributed by atoms with Crippen molar-refractivity contribution in [1.82, 2.24) is 15.3 Å². The molecule has 0 spiro atoms. The summed E-state index contributed by atoms with van der Waals surface area (Å²) in [5.74, 6) is 0.847. The highest BCUT2D eigenvalue weighted by molar-refractivity contribution is 7.13. The summed E-state index contributed by atoms with van der Waals surface area (Å²) in [6.45, 7) is 7.52. The van der Waals surface area contributed by atoms with Crippen LogP contribution in [0.3, 0.4) is 0 Å². The Morgan fingerprint density at radius 3 is 2.52 bits per heavy atom. The molecule has 0 bridgehead atoms. The molecule has 0 aliphatic carbocycles. The molecule has 2 aromatic heterocycles. The Bertz CT molecular complexity index is 915. The van der Waals surface area contributed by atoms with Crippen molar-refractivity contribution < 1.29 is 9.53 Å². The molecule has 3 rings (SSSR count). The second-order valence-corrected chi connectivity index (χ2v) is 8.74. The lowest BCUT2D eigenvalue weighted by Crippen LogP contribution is -2.23.